The molecule has 2 unspecified atom stereocenters. The molecule has 1 rings (SSSR count). The van der Waals surface area contributed by atoms with Crippen molar-refractivity contribution in [2.45, 2.75) is 65.0 Å². The van der Waals surface area contributed by atoms with Crippen LogP contribution in [0.4, 0.5) is 0 Å². The largest absolute Gasteiger partial charge is 0.310 e. The molecule has 0 aliphatic carbocycles. The number of nitrogens with one attached hydrogen (secondary N) is 1. The fourth-order valence-corrected chi connectivity index (χ4v) is 2.93. The van der Waals surface area contributed by atoms with Crippen LogP contribution >= 0.6 is 0 Å². The van der Waals surface area contributed by atoms with E-state index in [1.807, 2.05) is 0 Å². The van der Waals surface area contributed by atoms with Crippen molar-refractivity contribution in [2.75, 3.05) is 19.6 Å². The van der Waals surface area contributed by atoms with Gasteiger partial charge in [0.2, 0.25) is 0 Å². The quantitative estimate of drug-likeness (QED) is 0.756. The summed E-state index contributed by atoms with van der Waals surface area (Å²) in [7, 11) is 0. The highest BCUT2D eigenvalue weighted by Crippen LogP contribution is 2.21. The van der Waals surface area contributed by atoms with E-state index in [1.54, 1.807) is 0 Å². The van der Waals surface area contributed by atoms with Gasteiger partial charge in [-0.2, -0.15) is 5.26 Å². The number of rotatable bonds is 7. The molecule has 0 aromatic rings. The molecular formula is C15H29N3. The van der Waals surface area contributed by atoms with Crippen molar-refractivity contribution < 1.29 is 0 Å². The predicted molar refractivity (Wildman–Crippen MR) is 76.4 cm³/mol. The molecule has 0 spiro atoms. The molecule has 1 saturated heterocycles. The van der Waals surface area contributed by atoms with Crippen LogP contribution in [0.2, 0.25) is 0 Å². The Labute approximate surface area is 113 Å². The Morgan fingerprint density at radius 2 is 2.00 bits per heavy atom. The molecule has 0 aromatic heterocycles. The van der Waals surface area contributed by atoms with Crippen LogP contribution in [0.15, 0.2) is 0 Å². The number of hydrogen-bond acceptors (Lipinski definition) is 3. The maximum atomic E-state index is 8.79. The van der Waals surface area contributed by atoms with E-state index >= 15 is 0 Å². The molecule has 0 saturated carbocycles. The molecule has 3 heteroatoms. The maximum Gasteiger partial charge on any atom is 0.0638 e. The molecule has 1 aliphatic heterocycles. The smallest absolute Gasteiger partial charge is 0.0638 e. The summed E-state index contributed by atoms with van der Waals surface area (Å²) in [6.45, 7) is 10.5. The van der Waals surface area contributed by atoms with Gasteiger partial charge in [0.1, 0.15) is 0 Å². The summed E-state index contributed by atoms with van der Waals surface area (Å²) < 4.78 is 0. The molecule has 0 aromatic carbocycles. The van der Waals surface area contributed by atoms with Gasteiger partial charge in [0, 0.05) is 12.1 Å². The fourth-order valence-electron chi connectivity index (χ4n) is 2.93. The Hall–Kier alpha value is -0.590. The van der Waals surface area contributed by atoms with Crippen LogP contribution in [0, 0.1) is 17.2 Å². The van der Waals surface area contributed by atoms with Crippen LogP contribution in [0.5, 0.6) is 0 Å². The molecule has 104 valence electrons. The van der Waals surface area contributed by atoms with Crippen LogP contribution in [0.3, 0.4) is 0 Å². The Morgan fingerprint density at radius 1 is 1.33 bits per heavy atom. The summed E-state index contributed by atoms with van der Waals surface area (Å²) in [4.78, 5) is 2.58. The van der Waals surface area contributed by atoms with E-state index < -0.39 is 0 Å². The Bertz CT molecular complexity index is 251. The molecule has 1 aliphatic rings. The summed E-state index contributed by atoms with van der Waals surface area (Å²) in [6.07, 6.45) is 5.55. The van der Waals surface area contributed by atoms with Crippen LogP contribution in [-0.2, 0) is 0 Å². The van der Waals surface area contributed by atoms with Crippen molar-refractivity contribution in [1.29, 1.82) is 5.26 Å². The predicted octanol–water partition coefficient (Wildman–Crippen LogP) is 2.78. The van der Waals surface area contributed by atoms with Crippen molar-refractivity contribution >= 4 is 0 Å². The Morgan fingerprint density at radius 3 is 2.50 bits per heavy atom. The third-order valence-corrected chi connectivity index (χ3v) is 4.21. The SMILES string of the molecule is CCCN1CCC(C(C)NC(CC)CC#N)CC1. The standard InChI is InChI=1S/C15H29N3/c1-4-10-18-11-7-14(8-12-18)13(3)17-15(5-2)6-9-16/h13-15,17H,4-8,10-12H2,1-3H3. The Kier molecular flexibility index (Phi) is 7.31. The summed E-state index contributed by atoms with van der Waals surface area (Å²) in [5, 5.41) is 12.4. The van der Waals surface area contributed by atoms with Gasteiger partial charge in [-0.05, 0) is 58.2 Å². The van der Waals surface area contributed by atoms with Crippen molar-refractivity contribution in [3.63, 3.8) is 0 Å². The monoisotopic (exact) mass is 251 g/mol. The van der Waals surface area contributed by atoms with Crippen molar-refractivity contribution in [3.05, 3.63) is 0 Å². The second-order valence-corrected chi connectivity index (χ2v) is 5.60. The highest BCUT2D eigenvalue weighted by Gasteiger charge is 2.24. The maximum absolute atomic E-state index is 8.79. The minimum Gasteiger partial charge on any atom is -0.310 e. The number of hydrogen-bond donors (Lipinski definition) is 1. The lowest BCUT2D eigenvalue weighted by Gasteiger charge is -2.36. The van der Waals surface area contributed by atoms with E-state index in [0.29, 0.717) is 18.5 Å². The molecule has 0 bridgehead atoms. The third-order valence-electron chi connectivity index (χ3n) is 4.21. The lowest BCUT2D eigenvalue weighted by molar-refractivity contribution is 0.158. The van der Waals surface area contributed by atoms with E-state index in [1.165, 1.54) is 38.9 Å². The van der Waals surface area contributed by atoms with Crippen molar-refractivity contribution in [2.24, 2.45) is 5.92 Å². The van der Waals surface area contributed by atoms with E-state index in [9.17, 15) is 0 Å². The van der Waals surface area contributed by atoms with Gasteiger partial charge in [-0.3, -0.25) is 0 Å². The average Bonchev–Trinajstić information content (AvgIpc) is 2.39. The van der Waals surface area contributed by atoms with Crippen LogP contribution in [-0.4, -0.2) is 36.6 Å². The highest BCUT2D eigenvalue weighted by atomic mass is 15.1. The van der Waals surface area contributed by atoms with E-state index in [4.69, 9.17) is 5.26 Å². The molecule has 0 radical (unpaired) electrons. The normalized spacial score (nSPS) is 21.4. The van der Waals surface area contributed by atoms with Gasteiger partial charge < -0.3 is 10.2 Å². The summed E-state index contributed by atoms with van der Waals surface area (Å²) in [5.41, 5.74) is 0. The molecule has 2 atom stereocenters. The van der Waals surface area contributed by atoms with Gasteiger partial charge >= 0.3 is 0 Å². The first-order chi connectivity index (χ1) is 8.71. The molecule has 18 heavy (non-hydrogen) atoms. The topological polar surface area (TPSA) is 39.1 Å². The molecule has 3 nitrogen and oxygen atoms in total. The number of nitrogens with zero attached hydrogens (tertiary/aromatic N) is 2. The van der Waals surface area contributed by atoms with Gasteiger partial charge in [-0.1, -0.05) is 13.8 Å². The zero-order valence-electron chi connectivity index (χ0n) is 12.3. The molecule has 1 fully saturated rings. The van der Waals surface area contributed by atoms with Gasteiger partial charge in [-0.15, -0.1) is 0 Å². The number of likely N-dealkylation sites (tertiary alicyclic amines) is 1. The van der Waals surface area contributed by atoms with E-state index in [-0.39, 0.29) is 0 Å². The molecule has 1 N–H and O–H groups in total. The summed E-state index contributed by atoms with van der Waals surface area (Å²) in [6, 6.07) is 3.20. The Balaban J connectivity index is 2.31. The van der Waals surface area contributed by atoms with Crippen molar-refractivity contribution in [1.82, 2.24) is 10.2 Å². The molecule has 1 heterocycles. The van der Waals surface area contributed by atoms with E-state index in [2.05, 4.69) is 37.1 Å². The first kappa shape index (κ1) is 15.5. The van der Waals surface area contributed by atoms with Gasteiger partial charge in [0.05, 0.1) is 12.5 Å². The van der Waals surface area contributed by atoms with Gasteiger partial charge in [-0.25, -0.2) is 0 Å². The average molecular weight is 251 g/mol. The summed E-state index contributed by atoms with van der Waals surface area (Å²) in [5.74, 6) is 0.783. The van der Waals surface area contributed by atoms with Crippen LogP contribution in [0.25, 0.3) is 0 Å². The lowest BCUT2D eigenvalue weighted by atomic mass is 9.89. The van der Waals surface area contributed by atoms with Crippen molar-refractivity contribution in [3.8, 4) is 6.07 Å². The highest BCUT2D eigenvalue weighted by molar-refractivity contribution is 4.85. The first-order valence-corrected chi connectivity index (χ1v) is 7.56. The number of nitriles is 1. The summed E-state index contributed by atoms with van der Waals surface area (Å²) >= 11 is 0. The fraction of sp³-hybridized carbons (Fsp3) is 0.933. The van der Waals surface area contributed by atoms with Gasteiger partial charge in [0.25, 0.3) is 0 Å². The second kappa shape index (κ2) is 8.50. The van der Waals surface area contributed by atoms with Gasteiger partial charge in [0.15, 0.2) is 0 Å². The van der Waals surface area contributed by atoms with Crippen LogP contribution < -0.4 is 5.32 Å². The minimum atomic E-state index is 0.374. The second-order valence-electron chi connectivity index (χ2n) is 5.60. The molecule has 0 amide bonds. The zero-order valence-corrected chi connectivity index (χ0v) is 12.3. The first-order valence-electron chi connectivity index (χ1n) is 7.56. The lowest BCUT2D eigenvalue weighted by Crippen LogP contribution is -2.45. The zero-order chi connectivity index (χ0) is 13.4. The number of piperidine rings is 1. The molecular weight excluding hydrogens is 222 g/mol. The van der Waals surface area contributed by atoms with E-state index in [0.717, 1.165) is 12.3 Å². The minimum absolute atomic E-state index is 0.374. The van der Waals surface area contributed by atoms with Crippen LogP contribution in [0.1, 0.15) is 52.9 Å². The third kappa shape index (κ3) is 4.96.